The third kappa shape index (κ3) is 2.84. The molecule has 1 aromatic heterocycles. The van der Waals surface area contributed by atoms with Gasteiger partial charge in [0, 0.05) is 12.3 Å². The van der Waals surface area contributed by atoms with Gasteiger partial charge in [-0.3, -0.25) is 0 Å². The Morgan fingerprint density at radius 3 is 2.59 bits per heavy atom. The molecular formula is C16H18N2O3S. The van der Waals surface area contributed by atoms with Gasteiger partial charge in [0.15, 0.2) is 0 Å². The normalized spacial score (nSPS) is 16.3. The molecular weight excluding hydrogens is 300 g/mol. The number of sulfonamides is 1. The van der Waals surface area contributed by atoms with Crippen LogP contribution in [0.15, 0.2) is 47.5 Å². The second-order valence-corrected chi connectivity index (χ2v) is 7.41. The predicted molar refractivity (Wildman–Crippen MR) is 83.3 cm³/mol. The van der Waals surface area contributed by atoms with E-state index in [-0.39, 0.29) is 6.10 Å². The van der Waals surface area contributed by atoms with E-state index in [2.05, 4.69) is 4.98 Å². The number of benzene rings is 1. The summed E-state index contributed by atoms with van der Waals surface area (Å²) < 4.78 is 32.3. The zero-order valence-corrected chi connectivity index (χ0v) is 13.4. The highest BCUT2D eigenvalue weighted by Crippen LogP contribution is 2.26. The molecule has 2 heterocycles. The summed E-state index contributed by atoms with van der Waals surface area (Å²) in [5.74, 6) is 0.524. The Morgan fingerprint density at radius 1 is 1.18 bits per heavy atom. The van der Waals surface area contributed by atoms with Crippen LogP contribution in [0, 0.1) is 13.8 Å². The molecule has 22 heavy (non-hydrogen) atoms. The Labute approximate surface area is 130 Å². The van der Waals surface area contributed by atoms with Gasteiger partial charge in [0.25, 0.3) is 0 Å². The van der Waals surface area contributed by atoms with Crippen molar-refractivity contribution >= 4 is 10.0 Å². The monoisotopic (exact) mass is 318 g/mol. The fraction of sp³-hybridized carbons (Fsp3) is 0.312. The molecule has 0 spiro atoms. The molecule has 1 fully saturated rings. The Kier molecular flexibility index (Phi) is 3.88. The third-order valence-corrected chi connectivity index (χ3v) is 5.68. The summed E-state index contributed by atoms with van der Waals surface area (Å²) in [5.41, 5.74) is 1.82. The highest BCUT2D eigenvalue weighted by Gasteiger charge is 2.38. The van der Waals surface area contributed by atoms with Crippen LogP contribution in [0.3, 0.4) is 0 Å². The minimum Gasteiger partial charge on any atom is -0.472 e. The number of nitrogens with zero attached hydrogens (tertiary/aromatic N) is 2. The molecule has 0 aliphatic carbocycles. The summed E-state index contributed by atoms with van der Waals surface area (Å²) in [4.78, 5) is 4.45. The molecule has 1 aliphatic heterocycles. The molecule has 0 atom stereocenters. The van der Waals surface area contributed by atoms with Crippen molar-refractivity contribution in [3.63, 3.8) is 0 Å². The SMILES string of the molecule is Cc1ccc(S(=O)(=O)N2CC(Oc3ccccn3)C2)c(C)c1. The lowest BCUT2D eigenvalue weighted by atomic mass is 10.2. The quantitative estimate of drug-likeness (QED) is 0.867. The molecule has 0 bridgehead atoms. The maximum atomic E-state index is 12.6. The van der Waals surface area contributed by atoms with Crippen LogP contribution in [0.25, 0.3) is 0 Å². The third-order valence-electron chi connectivity index (χ3n) is 3.69. The molecule has 1 aromatic carbocycles. The first-order chi connectivity index (χ1) is 10.5. The van der Waals surface area contributed by atoms with Gasteiger partial charge in [-0.15, -0.1) is 0 Å². The van der Waals surface area contributed by atoms with Crippen molar-refractivity contribution in [1.82, 2.24) is 9.29 Å². The van der Waals surface area contributed by atoms with Crippen LogP contribution in [0.1, 0.15) is 11.1 Å². The first-order valence-electron chi connectivity index (χ1n) is 7.12. The van der Waals surface area contributed by atoms with Crippen molar-refractivity contribution in [3.8, 4) is 5.88 Å². The number of aromatic nitrogens is 1. The maximum Gasteiger partial charge on any atom is 0.243 e. The second kappa shape index (κ2) is 5.70. The van der Waals surface area contributed by atoms with E-state index in [1.807, 2.05) is 38.1 Å². The van der Waals surface area contributed by atoms with E-state index in [9.17, 15) is 8.42 Å². The lowest BCUT2D eigenvalue weighted by Gasteiger charge is -2.37. The lowest BCUT2D eigenvalue weighted by Crippen LogP contribution is -2.56. The van der Waals surface area contributed by atoms with E-state index in [0.717, 1.165) is 11.1 Å². The van der Waals surface area contributed by atoms with Crippen LogP contribution in [0.2, 0.25) is 0 Å². The Balaban J connectivity index is 1.69. The molecule has 5 nitrogen and oxygen atoms in total. The number of ether oxygens (including phenoxy) is 1. The summed E-state index contributed by atoms with van der Waals surface area (Å²) in [6.07, 6.45) is 1.51. The predicted octanol–water partition coefficient (Wildman–Crippen LogP) is 2.15. The van der Waals surface area contributed by atoms with Crippen molar-refractivity contribution < 1.29 is 13.2 Å². The number of hydrogen-bond acceptors (Lipinski definition) is 4. The van der Waals surface area contributed by atoms with E-state index >= 15 is 0 Å². The summed E-state index contributed by atoms with van der Waals surface area (Å²) in [5, 5.41) is 0. The number of hydrogen-bond donors (Lipinski definition) is 0. The highest BCUT2D eigenvalue weighted by molar-refractivity contribution is 7.89. The van der Waals surface area contributed by atoms with E-state index in [4.69, 9.17) is 4.74 Å². The standard InChI is InChI=1S/C16H18N2O3S/c1-12-6-7-15(13(2)9-12)22(19,20)18-10-14(11-18)21-16-5-3-4-8-17-16/h3-9,14H,10-11H2,1-2H3. The Hall–Kier alpha value is -1.92. The zero-order valence-electron chi connectivity index (χ0n) is 12.6. The highest BCUT2D eigenvalue weighted by atomic mass is 32.2. The Bertz CT molecular complexity index is 769. The topological polar surface area (TPSA) is 59.5 Å². The average Bonchev–Trinajstić information content (AvgIpc) is 2.43. The molecule has 0 amide bonds. The fourth-order valence-corrected chi connectivity index (χ4v) is 4.20. The van der Waals surface area contributed by atoms with Gasteiger partial charge in [-0.05, 0) is 31.5 Å². The second-order valence-electron chi connectivity index (χ2n) is 5.50. The molecule has 0 saturated carbocycles. The summed E-state index contributed by atoms with van der Waals surface area (Å²) in [7, 11) is -3.44. The van der Waals surface area contributed by atoms with Crippen LogP contribution >= 0.6 is 0 Å². The minimum atomic E-state index is -3.44. The molecule has 3 rings (SSSR count). The van der Waals surface area contributed by atoms with Gasteiger partial charge >= 0.3 is 0 Å². The molecule has 1 saturated heterocycles. The van der Waals surface area contributed by atoms with E-state index in [1.54, 1.807) is 18.3 Å². The number of aryl methyl sites for hydroxylation is 2. The molecule has 2 aromatic rings. The smallest absolute Gasteiger partial charge is 0.243 e. The molecule has 6 heteroatoms. The van der Waals surface area contributed by atoms with Gasteiger partial charge in [-0.25, -0.2) is 13.4 Å². The van der Waals surface area contributed by atoms with E-state index in [0.29, 0.717) is 23.9 Å². The van der Waals surface area contributed by atoms with Crippen LogP contribution in [0.5, 0.6) is 5.88 Å². The first kappa shape index (κ1) is 15.0. The van der Waals surface area contributed by atoms with Crippen molar-refractivity contribution in [1.29, 1.82) is 0 Å². The molecule has 116 valence electrons. The van der Waals surface area contributed by atoms with Crippen molar-refractivity contribution in [3.05, 3.63) is 53.7 Å². The summed E-state index contributed by atoms with van der Waals surface area (Å²) in [6, 6.07) is 10.8. The maximum absolute atomic E-state index is 12.6. The molecule has 0 radical (unpaired) electrons. The first-order valence-corrected chi connectivity index (χ1v) is 8.56. The summed E-state index contributed by atoms with van der Waals surface area (Å²) in [6.45, 7) is 4.48. The lowest BCUT2D eigenvalue weighted by molar-refractivity contribution is 0.0720. The van der Waals surface area contributed by atoms with Crippen LogP contribution < -0.4 is 4.74 Å². The van der Waals surface area contributed by atoms with Gasteiger partial charge in [0.1, 0.15) is 6.10 Å². The number of rotatable bonds is 4. The van der Waals surface area contributed by atoms with Gasteiger partial charge in [0.2, 0.25) is 15.9 Å². The number of pyridine rings is 1. The van der Waals surface area contributed by atoms with Crippen molar-refractivity contribution in [2.24, 2.45) is 0 Å². The summed E-state index contributed by atoms with van der Waals surface area (Å²) >= 11 is 0. The minimum absolute atomic E-state index is 0.143. The average molecular weight is 318 g/mol. The van der Waals surface area contributed by atoms with Crippen LogP contribution in [0.4, 0.5) is 0 Å². The fourth-order valence-electron chi connectivity index (χ4n) is 2.49. The zero-order chi connectivity index (χ0) is 15.7. The molecule has 1 aliphatic rings. The molecule has 0 unspecified atom stereocenters. The molecule has 0 N–H and O–H groups in total. The van der Waals surface area contributed by atoms with Crippen LogP contribution in [-0.2, 0) is 10.0 Å². The van der Waals surface area contributed by atoms with Gasteiger partial charge in [0.05, 0.1) is 18.0 Å². The van der Waals surface area contributed by atoms with Gasteiger partial charge < -0.3 is 4.74 Å². The largest absolute Gasteiger partial charge is 0.472 e. The van der Waals surface area contributed by atoms with Crippen molar-refractivity contribution in [2.75, 3.05) is 13.1 Å². The Morgan fingerprint density at radius 2 is 1.95 bits per heavy atom. The van der Waals surface area contributed by atoms with E-state index < -0.39 is 10.0 Å². The van der Waals surface area contributed by atoms with Crippen LogP contribution in [-0.4, -0.2) is 36.9 Å². The van der Waals surface area contributed by atoms with Crippen molar-refractivity contribution in [2.45, 2.75) is 24.8 Å². The van der Waals surface area contributed by atoms with Gasteiger partial charge in [-0.2, -0.15) is 4.31 Å². The van der Waals surface area contributed by atoms with Gasteiger partial charge in [-0.1, -0.05) is 23.8 Å². The van der Waals surface area contributed by atoms with E-state index in [1.165, 1.54) is 4.31 Å².